The van der Waals surface area contributed by atoms with E-state index in [9.17, 15) is 4.79 Å². The molecule has 0 unspecified atom stereocenters. The largest absolute Gasteiger partial charge is 0.296 e. The van der Waals surface area contributed by atoms with E-state index in [2.05, 4.69) is 52.1 Å². The zero-order valence-corrected chi connectivity index (χ0v) is 18.5. The zero-order valence-electron chi connectivity index (χ0n) is 17.5. The second kappa shape index (κ2) is 9.47. The Morgan fingerprint density at radius 1 is 1.28 bits per heavy atom. The lowest BCUT2D eigenvalue weighted by atomic mass is 10.0. The van der Waals surface area contributed by atoms with Gasteiger partial charge in [-0.25, -0.2) is 5.48 Å². The van der Waals surface area contributed by atoms with E-state index in [1.807, 2.05) is 12.1 Å². The average molecular weight is 414 g/mol. The maximum absolute atomic E-state index is 11.1. The van der Waals surface area contributed by atoms with Gasteiger partial charge in [0.1, 0.15) is 0 Å². The first-order valence-corrected chi connectivity index (χ1v) is 13.9. The number of H-pyrrole nitrogens is 1. The van der Waals surface area contributed by atoms with Crippen LogP contribution in [0.4, 0.5) is 0 Å². The zero-order chi connectivity index (χ0) is 20.9. The summed E-state index contributed by atoms with van der Waals surface area (Å²) in [5.74, 6) is -0.530. The minimum Gasteiger partial charge on any atom is -0.296 e. The molecule has 29 heavy (non-hydrogen) atoms. The highest BCUT2D eigenvalue weighted by Gasteiger charge is 2.26. The Morgan fingerprint density at radius 2 is 2.00 bits per heavy atom. The lowest BCUT2D eigenvalue weighted by Gasteiger charge is -2.25. The minimum absolute atomic E-state index is 0.418. The number of nitrogens with zero attached hydrogens (tertiary/aromatic N) is 3. The van der Waals surface area contributed by atoms with Gasteiger partial charge in [-0.05, 0) is 42.6 Å². The van der Waals surface area contributed by atoms with Crippen LogP contribution in [0.15, 0.2) is 30.3 Å². The Kier molecular flexibility index (Phi) is 6.99. The van der Waals surface area contributed by atoms with Crippen LogP contribution in [0.3, 0.4) is 0 Å². The third-order valence-electron chi connectivity index (χ3n) is 5.26. The standard InChI is InChI=1S/C21H31N5O2Si/c1-29(2,3)15-19-18(22-25-23-19)12-14-26-13-4-5-20(26)17-9-6-16(7-10-17)8-11-21(27)24-28/h6-11,20,28H,4-5,12-15H2,1-3H3,(H,24,27)(H,22,23,25)/b11-8+/t20-/m0/s1. The second-order valence-electron chi connectivity index (χ2n) is 8.87. The molecule has 2 heterocycles. The first-order chi connectivity index (χ1) is 13.9. The third kappa shape index (κ3) is 6.09. The van der Waals surface area contributed by atoms with E-state index in [0.29, 0.717) is 6.04 Å². The molecule has 1 fully saturated rings. The molecule has 0 radical (unpaired) electrons. The monoisotopic (exact) mass is 413 g/mol. The van der Waals surface area contributed by atoms with E-state index in [1.54, 1.807) is 11.6 Å². The second-order valence-corrected chi connectivity index (χ2v) is 14.3. The van der Waals surface area contributed by atoms with Gasteiger partial charge in [0.2, 0.25) is 0 Å². The number of benzene rings is 1. The van der Waals surface area contributed by atoms with E-state index in [-0.39, 0.29) is 0 Å². The summed E-state index contributed by atoms with van der Waals surface area (Å²) in [5.41, 5.74) is 6.08. The number of hydrogen-bond donors (Lipinski definition) is 3. The molecule has 1 amide bonds. The lowest BCUT2D eigenvalue weighted by molar-refractivity contribution is -0.124. The number of likely N-dealkylation sites (tertiary alicyclic amines) is 1. The molecule has 2 aromatic rings. The molecule has 0 bridgehead atoms. The fraction of sp³-hybridized carbons (Fsp3) is 0.476. The van der Waals surface area contributed by atoms with Crippen LogP contribution in [-0.4, -0.2) is 52.6 Å². The number of carbonyl (C=O) groups excluding carboxylic acids is 1. The van der Waals surface area contributed by atoms with Crippen molar-refractivity contribution >= 4 is 20.1 Å². The Bertz CT molecular complexity index is 842. The third-order valence-corrected chi connectivity index (χ3v) is 6.65. The summed E-state index contributed by atoms with van der Waals surface area (Å²) in [6.45, 7) is 9.16. The van der Waals surface area contributed by atoms with Crippen molar-refractivity contribution in [3.63, 3.8) is 0 Å². The Labute approximate surface area is 173 Å². The van der Waals surface area contributed by atoms with E-state index in [4.69, 9.17) is 5.21 Å². The van der Waals surface area contributed by atoms with Crippen LogP contribution < -0.4 is 5.48 Å². The van der Waals surface area contributed by atoms with Crippen molar-refractivity contribution in [1.82, 2.24) is 25.8 Å². The number of carbonyl (C=O) groups is 1. The summed E-state index contributed by atoms with van der Waals surface area (Å²) < 4.78 is 0. The van der Waals surface area contributed by atoms with Gasteiger partial charge in [0, 0.05) is 25.1 Å². The van der Waals surface area contributed by atoms with E-state index >= 15 is 0 Å². The van der Waals surface area contributed by atoms with E-state index in [0.717, 1.165) is 48.9 Å². The molecular formula is C21H31N5O2Si. The molecule has 8 heteroatoms. The fourth-order valence-corrected chi connectivity index (χ4v) is 5.17. The van der Waals surface area contributed by atoms with Crippen molar-refractivity contribution in [3.8, 4) is 0 Å². The van der Waals surface area contributed by atoms with Crippen LogP contribution in [0.25, 0.3) is 6.08 Å². The van der Waals surface area contributed by atoms with Crippen molar-refractivity contribution in [3.05, 3.63) is 52.9 Å². The first kappa shape index (κ1) is 21.4. The van der Waals surface area contributed by atoms with Crippen LogP contribution in [0.2, 0.25) is 19.6 Å². The van der Waals surface area contributed by atoms with Gasteiger partial charge in [0.05, 0.1) is 19.5 Å². The molecule has 1 atom stereocenters. The van der Waals surface area contributed by atoms with Gasteiger partial charge in [0.25, 0.3) is 5.91 Å². The molecule has 3 N–H and O–H groups in total. The fourth-order valence-electron chi connectivity index (χ4n) is 3.88. The van der Waals surface area contributed by atoms with Crippen molar-refractivity contribution in [2.75, 3.05) is 13.1 Å². The van der Waals surface area contributed by atoms with Gasteiger partial charge in [-0.15, -0.1) is 0 Å². The number of aromatic nitrogens is 3. The smallest absolute Gasteiger partial charge is 0.267 e. The molecule has 1 aliphatic heterocycles. The van der Waals surface area contributed by atoms with Crippen LogP contribution in [0.1, 0.15) is 41.4 Å². The molecule has 7 nitrogen and oxygen atoms in total. The maximum Gasteiger partial charge on any atom is 0.267 e. The summed E-state index contributed by atoms with van der Waals surface area (Å²) in [6, 6.07) is 9.76. The number of hydrogen-bond acceptors (Lipinski definition) is 5. The molecular weight excluding hydrogens is 382 g/mol. The highest BCUT2D eigenvalue weighted by atomic mass is 28.3. The van der Waals surface area contributed by atoms with Crippen LogP contribution in [-0.2, 0) is 17.3 Å². The highest BCUT2D eigenvalue weighted by Crippen LogP contribution is 2.32. The molecule has 1 saturated heterocycles. The molecule has 0 saturated carbocycles. The number of amides is 1. The number of aromatic amines is 1. The summed E-state index contributed by atoms with van der Waals surface area (Å²) in [4.78, 5) is 13.6. The van der Waals surface area contributed by atoms with Gasteiger partial charge in [-0.1, -0.05) is 43.9 Å². The Hall–Kier alpha value is -2.29. The predicted molar refractivity (Wildman–Crippen MR) is 116 cm³/mol. The van der Waals surface area contributed by atoms with Gasteiger partial charge in [0.15, 0.2) is 0 Å². The van der Waals surface area contributed by atoms with Gasteiger partial charge >= 0.3 is 0 Å². The van der Waals surface area contributed by atoms with Crippen LogP contribution in [0.5, 0.6) is 0 Å². The summed E-state index contributed by atoms with van der Waals surface area (Å²) in [5, 5.41) is 20.2. The average Bonchev–Trinajstić information content (AvgIpc) is 3.32. The van der Waals surface area contributed by atoms with Crippen molar-refractivity contribution in [2.45, 2.75) is 51.0 Å². The van der Waals surface area contributed by atoms with Crippen LogP contribution in [0, 0.1) is 0 Å². The number of hydroxylamine groups is 1. The van der Waals surface area contributed by atoms with E-state index < -0.39 is 14.0 Å². The van der Waals surface area contributed by atoms with Crippen molar-refractivity contribution in [2.24, 2.45) is 0 Å². The minimum atomic E-state index is -1.22. The van der Waals surface area contributed by atoms with Crippen LogP contribution >= 0.6 is 0 Å². The summed E-state index contributed by atoms with van der Waals surface area (Å²) >= 11 is 0. The summed E-state index contributed by atoms with van der Waals surface area (Å²) in [7, 11) is -1.22. The molecule has 3 rings (SSSR count). The van der Waals surface area contributed by atoms with Crippen molar-refractivity contribution < 1.29 is 10.0 Å². The normalized spacial score (nSPS) is 17.9. The Balaban J connectivity index is 1.61. The molecule has 0 spiro atoms. The van der Waals surface area contributed by atoms with Gasteiger partial charge in [-0.3, -0.25) is 14.9 Å². The lowest BCUT2D eigenvalue weighted by Crippen LogP contribution is -2.27. The molecule has 1 aromatic carbocycles. The number of rotatable bonds is 8. The van der Waals surface area contributed by atoms with Crippen molar-refractivity contribution in [1.29, 1.82) is 0 Å². The molecule has 1 aliphatic rings. The van der Waals surface area contributed by atoms with Gasteiger partial charge < -0.3 is 0 Å². The maximum atomic E-state index is 11.1. The number of nitrogens with one attached hydrogen (secondary N) is 2. The predicted octanol–water partition coefficient (Wildman–Crippen LogP) is 3.12. The van der Waals surface area contributed by atoms with E-state index in [1.165, 1.54) is 18.1 Å². The molecule has 156 valence electrons. The molecule has 1 aromatic heterocycles. The first-order valence-electron chi connectivity index (χ1n) is 10.2. The summed E-state index contributed by atoms with van der Waals surface area (Å²) in [6.07, 6.45) is 6.27. The Morgan fingerprint density at radius 3 is 2.69 bits per heavy atom. The topological polar surface area (TPSA) is 94.1 Å². The molecule has 0 aliphatic carbocycles. The quantitative estimate of drug-likeness (QED) is 0.268. The SMILES string of the molecule is C[Si](C)(C)Cc1n[nH]nc1CCN1CCC[C@H]1c1ccc(/C=C/C(=O)NO)cc1. The highest BCUT2D eigenvalue weighted by molar-refractivity contribution is 6.75. The van der Waals surface area contributed by atoms with Gasteiger partial charge in [-0.2, -0.15) is 15.4 Å².